The highest BCUT2D eigenvalue weighted by atomic mass is 16.3. The second-order valence-corrected chi connectivity index (χ2v) is 4.10. The lowest BCUT2D eigenvalue weighted by molar-refractivity contribution is -0.131. The minimum atomic E-state index is -0.0299. The number of hydrogen-bond donors (Lipinski definition) is 2. The molecule has 0 spiro atoms. The molecule has 1 aromatic rings. The van der Waals surface area contributed by atoms with Crippen LogP contribution in [0, 0.1) is 0 Å². The van der Waals surface area contributed by atoms with Gasteiger partial charge in [-0.1, -0.05) is 18.2 Å². The first-order valence-electron chi connectivity index (χ1n) is 6.01. The van der Waals surface area contributed by atoms with Crippen LogP contribution < -0.4 is 5.73 Å². The van der Waals surface area contributed by atoms with Crippen molar-refractivity contribution in [2.24, 2.45) is 0 Å². The normalized spacial score (nSPS) is 10.1. The maximum Gasteiger partial charge on any atom is 0.223 e. The van der Waals surface area contributed by atoms with Gasteiger partial charge in [-0.2, -0.15) is 0 Å². The van der Waals surface area contributed by atoms with Crippen molar-refractivity contribution in [1.29, 1.82) is 0 Å². The van der Waals surface area contributed by atoms with Gasteiger partial charge in [0.2, 0.25) is 5.91 Å². The number of benzene rings is 1. The Morgan fingerprint density at radius 2 is 2.28 bits per heavy atom. The Hall–Kier alpha value is -1.81. The molecule has 1 aromatic carbocycles. The van der Waals surface area contributed by atoms with Crippen LogP contribution in [0.1, 0.15) is 12.0 Å². The molecule has 1 amide bonds. The molecule has 4 heteroatoms. The number of nitrogens with zero attached hydrogens (tertiary/aromatic N) is 1. The SMILES string of the molecule is C=CCN(CCO)C(=O)CCc1cccc(N)c1. The number of amides is 1. The van der Waals surface area contributed by atoms with Crippen molar-refractivity contribution < 1.29 is 9.90 Å². The van der Waals surface area contributed by atoms with E-state index >= 15 is 0 Å². The van der Waals surface area contributed by atoms with E-state index in [4.69, 9.17) is 10.8 Å². The average molecular weight is 248 g/mol. The number of carbonyl (C=O) groups excluding carboxylic acids is 1. The van der Waals surface area contributed by atoms with E-state index in [1.54, 1.807) is 11.0 Å². The van der Waals surface area contributed by atoms with Crippen molar-refractivity contribution in [3.63, 3.8) is 0 Å². The van der Waals surface area contributed by atoms with Crippen molar-refractivity contribution in [2.75, 3.05) is 25.4 Å². The van der Waals surface area contributed by atoms with Crippen LogP contribution in [0.15, 0.2) is 36.9 Å². The van der Waals surface area contributed by atoms with Crippen LogP contribution in [0.25, 0.3) is 0 Å². The Morgan fingerprint density at radius 1 is 1.50 bits per heavy atom. The molecule has 0 aromatic heterocycles. The molecule has 1 rings (SSSR count). The largest absolute Gasteiger partial charge is 0.399 e. The molecular weight excluding hydrogens is 228 g/mol. The van der Waals surface area contributed by atoms with Gasteiger partial charge in [0.1, 0.15) is 0 Å². The van der Waals surface area contributed by atoms with Gasteiger partial charge in [-0.3, -0.25) is 4.79 Å². The highest BCUT2D eigenvalue weighted by molar-refractivity contribution is 5.76. The van der Waals surface area contributed by atoms with Crippen molar-refractivity contribution in [3.8, 4) is 0 Å². The molecule has 3 N–H and O–H groups in total. The van der Waals surface area contributed by atoms with Crippen molar-refractivity contribution >= 4 is 11.6 Å². The van der Waals surface area contributed by atoms with Gasteiger partial charge in [0.25, 0.3) is 0 Å². The van der Waals surface area contributed by atoms with E-state index in [2.05, 4.69) is 6.58 Å². The lowest BCUT2D eigenvalue weighted by Crippen LogP contribution is -2.33. The number of carbonyl (C=O) groups is 1. The van der Waals surface area contributed by atoms with Gasteiger partial charge in [0.05, 0.1) is 6.61 Å². The summed E-state index contributed by atoms with van der Waals surface area (Å²) in [5, 5.41) is 8.89. The number of rotatable bonds is 7. The van der Waals surface area contributed by atoms with E-state index in [1.807, 2.05) is 24.3 Å². The van der Waals surface area contributed by atoms with Gasteiger partial charge in [-0.05, 0) is 24.1 Å². The first-order valence-corrected chi connectivity index (χ1v) is 6.01. The zero-order valence-electron chi connectivity index (χ0n) is 10.5. The number of nitrogens with two attached hydrogens (primary N) is 1. The van der Waals surface area contributed by atoms with Gasteiger partial charge < -0.3 is 15.7 Å². The number of aryl methyl sites for hydroxylation is 1. The molecule has 4 nitrogen and oxygen atoms in total. The van der Waals surface area contributed by atoms with E-state index in [-0.39, 0.29) is 12.5 Å². The summed E-state index contributed by atoms with van der Waals surface area (Å²) < 4.78 is 0. The van der Waals surface area contributed by atoms with Gasteiger partial charge in [0.15, 0.2) is 0 Å². The van der Waals surface area contributed by atoms with Crippen LogP contribution in [0.2, 0.25) is 0 Å². The lowest BCUT2D eigenvalue weighted by Gasteiger charge is -2.19. The number of hydrogen-bond acceptors (Lipinski definition) is 3. The van der Waals surface area contributed by atoms with Gasteiger partial charge in [0, 0.05) is 25.2 Å². The molecule has 0 atom stereocenters. The van der Waals surface area contributed by atoms with Gasteiger partial charge >= 0.3 is 0 Å². The standard InChI is InChI=1S/C14H20N2O2/c1-2-8-16(9-10-17)14(18)7-6-12-4-3-5-13(15)11-12/h2-5,11,17H,1,6-10,15H2. The van der Waals surface area contributed by atoms with Crippen LogP contribution in [0.3, 0.4) is 0 Å². The fraction of sp³-hybridized carbons (Fsp3) is 0.357. The van der Waals surface area contributed by atoms with Crippen LogP contribution in [0.4, 0.5) is 5.69 Å². The smallest absolute Gasteiger partial charge is 0.223 e. The molecule has 0 heterocycles. The summed E-state index contributed by atoms with van der Waals surface area (Å²) in [6.45, 7) is 4.39. The Balaban J connectivity index is 2.50. The second-order valence-electron chi connectivity index (χ2n) is 4.10. The predicted molar refractivity (Wildman–Crippen MR) is 73.0 cm³/mol. The predicted octanol–water partition coefficient (Wildman–Crippen LogP) is 1.21. The van der Waals surface area contributed by atoms with Crippen LogP contribution >= 0.6 is 0 Å². The number of aliphatic hydroxyl groups excluding tert-OH is 1. The maximum atomic E-state index is 11.9. The van der Waals surface area contributed by atoms with Gasteiger partial charge in [-0.15, -0.1) is 6.58 Å². The van der Waals surface area contributed by atoms with Crippen molar-refractivity contribution in [1.82, 2.24) is 4.90 Å². The molecule has 0 radical (unpaired) electrons. The number of nitrogen functional groups attached to an aromatic ring is 1. The van der Waals surface area contributed by atoms with Crippen LogP contribution in [-0.2, 0) is 11.2 Å². The molecule has 0 saturated carbocycles. The number of aliphatic hydroxyl groups is 1. The zero-order valence-corrected chi connectivity index (χ0v) is 10.5. The summed E-state index contributed by atoms with van der Waals surface area (Å²) in [5.41, 5.74) is 7.43. The average Bonchev–Trinajstić information content (AvgIpc) is 2.36. The molecular formula is C14H20N2O2. The lowest BCUT2D eigenvalue weighted by atomic mass is 10.1. The summed E-state index contributed by atoms with van der Waals surface area (Å²) in [6, 6.07) is 7.52. The Bertz CT molecular complexity index is 405. The highest BCUT2D eigenvalue weighted by Gasteiger charge is 2.11. The fourth-order valence-electron chi connectivity index (χ4n) is 1.75. The van der Waals surface area contributed by atoms with Gasteiger partial charge in [-0.25, -0.2) is 0 Å². The molecule has 0 unspecified atom stereocenters. The Labute approximate surface area is 108 Å². The fourth-order valence-corrected chi connectivity index (χ4v) is 1.75. The van der Waals surface area contributed by atoms with E-state index in [0.717, 1.165) is 5.56 Å². The highest BCUT2D eigenvalue weighted by Crippen LogP contribution is 2.09. The minimum Gasteiger partial charge on any atom is -0.399 e. The quantitative estimate of drug-likeness (QED) is 0.563. The van der Waals surface area contributed by atoms with Crippen LogP contribution in [-0.4, -0.2) is 35.6 Å². The van der Waals surface area contributed by atoms with E-state index in [0.29, 0.717) is 31.6 Å². The molecule has 0 aliphatic carbocycles. The molecule has 18 heavy (non-hydrogen) atoms. The third-order valence-electron chi connectivity index (χ3n) is 2.65. The second kappa shape index (κ2) is 7.50. The molecule has 0 aliphatic heterocycles. The van der Waals surface area contributed by atoms with Crippen molar-refractivity contribution in [2.45, 2.75) is 12.8 Å². The monoisotopic (exact) mass is 248 g/mol. The molecule has 0 saturated heterocycles. The molecule has 0 fully saturated rings. The third kappa shape index (κ3) is 4.59. The molecule has 0 bridgehead atoms. The maximum absolute atomic E-state index is 11.9. The summed E-state index contributed by atoms with van der Waals surface area (Å²) >= 11 is 0. The Kier molecular flexibility index (Phi) is 5.94. The van der Waals surface area contributed by atoms with Crippen LogP contribution in [0.5, 0.6) is 0 Å². The third-order valence-corrected chi connectivity index (χ3v) is 2.65. The van der Waals surface area contributed by atoms with E-state index in [1.165, 1.54) is 0 Å². The van der Waals surface area contributed by atoms with E-state index < -0.39 is 0 Å². The topological polar surface area (TPSA) is 66.6 Å². The molecule has 0 aliphatic rings. The minimum absolute atomic E-state index is 0.0198. The summed E-state index contributed by atoms with van der Waals surface area (Å²) in [7, 11) is 0. The summed E-state index contributed by atoms with van der Waals surface area (Å²) in [5.74, 6) is 0.0198. The summed E-state index contributed by atoms with van der Waals surface area (Å²) in [4.78, 5) is 13.5. The first kappa shape index (κ1) is 14.3. The van der Waals surface area contributed by atoms with Crippen molar-refractivity contribution in [3.05, 3.63) is 42.5 Å². The first-order chi connectivity index (χ1) is 8.67. The molecule has 98 valence electrons. The van der Waals surface area contributed by atoms with E-state index in [9.17, 15) is 4.79 Å². The Morgan fingerprint density at radius 3 is 2.89 bits per heavy atom. The number of anilines is 1. The zero-order chi connectivity index (χ0) is 13.4. The summed E-state index contributed by atoms with van der Waals surface area (Å²) in [6.07, 6.45) is 2.73.